The first kappa shape index (κ1) is 22.2. The van der Waals surface area contributed by atoms with E-state index in [1.807, 2.05) is 30.3 Å². The Hall–Kier alpha value is -1.88. The molecule has 0 aliphatic rings. The van der Waals surface area contributed by atoms with Crippen molar-refractivity contribution in [1.29, 1.82) is 0 Å². The maximum Gasteiger partial charge on any atom is 0.323 e. The Morgan fingerprint density at radius 2 is 1.73 bits per heavy atom. The van der Waals surface area contributed by atoms with Crippen LogP contribution < -0.4 is 5.32 Å². The van der Waals surface area contributed by atoms with Crippen molar-refractivity contribution >= 4 is 11.9 Å². The Morgan fingerprint density at radius 3 is 2.38 bits per heavy atom. The van der Waals surface area contributed by atoms with Gasteiger partial charge in [-0.3, -0.25) is 9.59 Å². The molecule has 0 saturated heterocycles. The minimum absolute atomic E-state index is 0.228. The maximum absolute atomic E-state index is 12.0. The molecular formula is C21H33NO4. The molecule has 1 unspecified atom stereocenters. The van der Waals surface area contributed by atoms with E-state index in [1.54, 1.807) is 6.92 Å². The van der Waals surface area contributed by atoms with E-state index in [0.29, 0.717) is 6.42 Å². The van der Waals surface area contributed by atoms with Gasteiger partial charge in [0.2, 0.25) is 0 Å². The molecular weight excluding hydrogens is 330 g/mol. The predicted molar refractivity (Wildman–Crippen MR) is 103 cm³/mol. The van der Waals surface area contributed by atoms with Crippen LogP contribution in [0.25, 0.3) is 0 Å². The van der Waals surface area contributed by atoms with Crippen molar-refractivity contribution in [1.82, 2.24) is 5.32 Å². The van der Waals surface area contributed by atoms with E-state index < -0.39 is 17.9 Å². The third kappa shape index (κ3) is 9.56. The van der Waals surface area contributed by atoms with Crippen molar-refractivity contribution in [3.63, 3.8) is 0 Å². The van der Waals surface area contributed by atoms with Crippen LogP contribution in [0.5, 0.6) is 0 Å². The van der Waals surface area contributed by atoms with Crippen LogP contribution in [0.15, 0.2) is 30.3 Å². The molecule has 0 heterocycles. The van der Waals surface area contributed by atoms with Gasteiger partial charge in [-0.05, 0) is 18.9 Å². The number of aliphatic carboxylic acids is 1. The predicted octanol–water partition coefficient (Wildman–Crippen LogP) is 4.16. The van der Waals surface area contributed by atoms with E-state index in [9.17, 15) is 14.7 Å². The van der Waals surface area contributed by atoms with E-state index in [1.165, 1.54) is 19.3 Å². The number of rotatable bonds is 14. The highest BCUT2D eigenvalue weighted by Crippen LogP contribution is 2.13. The summed E-state index contributed by atoms with van der Waals surface area (Å²) in [4.78, 5) is 23.4. The number of esters is 1. The van der Waals surface area contributed by atoms with Gasteiger partial charge in [-0.15, -0.1) is 0 Å². The number of carboxylic acid groups (broad SMARTS) is 1. The molecule has 1 rings (SSSR count). The maximum atomic E-state index is 12.0. The largest absolute Gasteiger partial charge is 0.481 e. The van der Waals surface area contributed by atoms with E-state index in [-0.39, 0.29) is 19.1 Å². The van der Waals surface area contributed by atoms with Crippen molar-refractivity contribution in [2.75, 3.05) is 6.54 Å². The highest BCUT2D eigenvalue weighted by molar-refractivity contribution is 5.75. The summed E-state index contributed by atoms with van der Waals surface area (Å²) in [5.41, 5.74) is 0.930. The normalized spacial score (nSPS) is 13.2. The molecule has 1 aromatic carbocycles. The summed E-state index contributed by atoms with van der Waals surface area (Å²) in [6, 6.07) is 8.96. The fourth-order valence-corrected chi connectivity index (χ4v) is 2.74. The minimum atomic E-state index is -0.809. The quantitative estimate of drug-likeness (QED) is 0.383. The first-order valence-corrected chi connectivity index (χ1v) is 9.71. The van der Waals surface area contributed by atoms with Gasteiger partial charge in [0, 0.05) is 6.54 Å². The number of hydrogen-bond donors (Lipinski definition) is 2. The Bertz CT molecular complexity index is 518. The van der Waals surface area contributed by atoms with E-state index >= 15 is 0 Å². The fraction of sp³-hybridized carbons (Fsp3) is 0.619. The van der Waals surface area contributed by atoms with Gasteiger partial charge >= 0.3 is 11.9 Å². The molecule has 2 N–H and O–H groups in total. The third-order valence-electron chi connectivity index (χ3n) is 4.50. The molecule has 0 radical (unpaired) electrons. The highest BCUT2D eigenvalue weighted by atomic mass is 16.5. The standard InChI is InChI=1S/C21H33NO4/c1-3-4-5-6-7-11-14-19(20(23)24)15-22-17(2)21(25)26-16-18-12-9-8-10-13-18/h8-10,12-13,17,19,22H,3-7,11,14-16H2,1-2H3,(H,23,24)/t17?,19-/m1/s1. The first-order chi connectivity index (χ1) is 12.5. The third-order valence-corrected chi connectivity index (χ3v) is 4.50. The van der Waals surface area contributed by atoms with Gasteiger partial charge in [0.15, 0.2) is 0 Å². The zero-order valence-corrected chi connectivity index (χ0v) is 16.1. The summed E-state index contributed by atoms with van der Waals surface area (Å²) in [7, 11) is 0. The van der Waals surface area contributed by atoms with Gasteiger partial charge in [0.25, 0.3) is 0 Å². The molecule has 5 nitrogen and oxygen atoms in total. The number of carbonyl (C=O) groups is 2. The van der Waals surface area contributed by atoms with Crippen molar-refractivity contribution in [2.45, 2.75) is 71.4 Å². The topological polar surface area (TPSA) is 75.6 Å². The average molecular weight is 363 g/mol. The number of unbranched alkanes of at least 4 members (excludes halogenated alkanes) is 5. The molecule has 146 valence electrons. The summed E-state index contributed by atoms with van der Waals surface area (Å²) >= 11 is 0. The van der Waals surface area contributed by atoms with Crippen molar-refractivity contribution in [3.05, 3.63) is 35.9 Å². The Morgan fingerprint density at radius 1 is 1.08 bits per heavy atom. The molecule has 0 saturated carbocycles. The second-order valence-electron chi connectivity index (χ2n) is 6.81. The number of carbonyl (C=O) groups excluding carboxylic acids is 1. The van der Waals surface area contributed by atoms with Crippen LogP contribution in [0, 0.1) is 5.92 Å². The van der Waals surface area contributed by atoms with Crippen molar-refractivity contribution in [2.24, 2.45) is 5.92 Å². The molecule has 0 fully saturated rings. The van der Waals surface area contributed by atoms with Gasteiger partial charge in [-0.1, -0.05) is 75.8 Å². The summed E-state index contributed by atoms with van der Waals surface area (Å²) in [5, 5.41) is 12.4. The Kier molecular flexibility index (Phi) is 11.4. The molecule has 0 aliphatic heterocycles. The summed E-state index contributed by atoms with van der Waals surface area (Å²) in [6.45, 7) is 4.40. The number of ether oxygens (including phenoxy) is 1. The van der Waals surface area contributed by atoms with Crippen molar-refractivity contribution in [3.8, 4) is 0 Å². The first-order valence-electron chi connectivity index (χ1n) is 9.71. The lowest BCUT2D eigenvalue weighted by Gasteiger charge is -2.17. The molecule has 0 aliphatic carbocycles. The van der Waals surface area contributed by atoms with Crippen LogP contribution in [0.2, 0.25) is 0 Å². The monoisotopic (exact) mass is 363 g/mol. The smallest absolute Gasteiger partial charge is 0.323 e. The van der Waals surface area contributed by atoms with E-state index in [0.717, 1.165) is 24.8 Å². The Labute approximate surface area is 157 Å². The van der Waals surface area contributed by atoms with Gasteiger partial charge < -0.3 is 15.2 Å². The van der Waals surface area contributed by atoms with Gasteiger partial charge in [-0.2, -0.15) is 0 Å². The van der Waals surface area contributed by atoms with Crippen LogP contribution in [-0.4, -0.2) is 29.6 Å². The van der Waals surface area contributed by atoms with Gasteiger partial charge in [0.1, 0.15) is 12.6 Å². The number of benzene rings is 1. The molecule has 0 amide bonds. The molecule has 26 heavy (non-hydrogen) atoms. The number of nitrogens with one attached hydrogen (secondary N) is 1. The van der Waals surface area contributed by atoms with E-state index in [4.69, 9.17) is 4.74 Å². The van der Waals surface area contributed by atoms with E-state index in [2.05, 4.69) is 12.2 Å². The lowest BCUT2D eigenvalue weighted by Crippen LogP contribution is -2.40. The van der Waals surface area contributed by atoms with Crippen LogP contribution in [0.3, 0.4) is 0 Å². The summed E-state index contributed by atoms with van der Waals surface area (Å²) < 4.78 is 5.27. The SMILES string of the molecule is CCCCCCCC[C@H](CNC(C)C(=O)OCc1ccccc1)C(=O)O. The second kappa shape index (κ2) is 13.3. The van der Waals surface area contributed by atoms with Crippen LogP contribution in [0.1, 0.15) is 64.4 Å². The summed E-state index contributed by atoms with van der Waals surface area (Å²) in [5.74, 6) is -1.64. The zero-order valence-electron chi connectivity index (χ0n) is 16.1. The average Bonchev–Trinajstić information content (AvgIpc) is 2.65. The lowest BCUT2D eigenvalue weighted by molar-refractivity contribution is -0.148. The molecule has 0 spiro atoms. The Balaban J connectivity index is 2.26. The minimum Gasteiger partial charge on any atom is -0.481 e. The molecule has 5 heteroatoms. The van der Waals surface area contributed by atoms with Crippen LogP contribution >= 0.6 is 0 Å². The van der Waals surface area contributed by atoms with Crippen LogP contribution in [0.4, 0.5) is 0 Å². The van der Waals surface area contributed by atoms with Gasteiger partial charge in [-0.25, -0.2) is 0 Å². The van der Waals surface area contributed by atoms with Gasteiger partial charge in [0.05, 0.1) is 5.92 Å². The second-order valence-corrected chi connectivity index (χ2v) is 6.81. The summed E-state index contributed by atoms with van der Waals surface area (Å²) in [6.07, 6.45) is 7.45. The zero-order chi connectivity index (χ0) is 19.2. The fourth-order valence-electron chi connectivity index (χ4n) is 2.74. The number of carboxylic acids is 1. The molecule has 2 atom stereocenters. The van der Waals surface area contributed by atoms with Crippen molar-refractivity contribution < 1.29 is 19.4 Å². The number of hydrogen-bond acceptors (Lipinski definition) is 4. The molecule has 0 bridgehead atoms. The van der Waals surface area contributed by atoms with Crippen LogP contribution in [-0.2, 0) is 20.9 Å². The highest BCUT2D eigenvalue weighted by Gasteiger charge is 2.20. The molecule has 0 aromatic heterocycles. The molecule has 1 aromatic rings. The lowest BCUT2D eigenvalue weighted by atomic mass is 10.00.